The van der Waals surface area contributed by atoms with Crippen molar-refractivity contribution in [3.05, 3.63) is 24.0 Å². The smallest absolute Gasteiger partial charge is 0.0762 e. The topological polar surface area (TPSA) is 26.2 Å². The van der Waals surface area contributed by atoms with Crippen LogP contribution in [0.1, 0.15) is 45.7 Å². The van der Waals surface area contributed by atoms with E-state index in [1.807, 2.05) is 0 Å². The molecule has 3 nitrogen and oxygen atoms in total. The molecule has 102 valence electrons. The third-order valence-electron chi connectivity index (χ3n) is 3.61. The van der Waals surface area contributed by atoms with Crippen molar-refractivity contribution in [1.29, 1.82) is 0 Å². The summed E-state index contributed by atoms with van der Waals surface area (Å²) >= 11 is 0. The van der Waals surface area contributed by atoms with E-state index >= 15 is 0 Å². The predicted molar refractivity (Wildman–Crippen MR) is 74.6 cm³/mol. The lowest BCUT2D eigenvalue weighted by molar-refractivity contribution is -0.0219. The van der Waals surface area contributed by atoms with Crippen LogP contribution in [0.2, 0.25) is 0 Å². The molecule has 1 aliphatic heterocycles. The summed E-state index contributed by atoms with van der Waals surface area (Å²) < 4.78 is 8.39. The Kier molecular flexibility index (Phi) is 4.46. The van der Waals surface area contributed by atoms with Crippen molar-refractivity contribution in [2.75, 3.05) is 6.54 Å². The second-order valence-corrected chi connectivity index (χ2v) is 5.87. The van der Waals surface area contributed by atoms with Gasteiger partial charge in [0.25, 0.3) is 0 Å². The molecule has 18 heavy (non-hydrogen) atoms. The van der Waals surface area contributed by atoms with Crippen molar-refractivity contribution in [3.8, 4) is 0 Å². The lowest BCUT2D eigenvalue weighted by atomic mass is 10.1. The Balaban J connectivity index is 1.88. The molecule has 0 spiro atoms. The number of ether oxygens (including phenoxy) is 1. The molecule has 2 rings (SSSR count). The molecular weight excluding hydrogens is 224 g/mol. The second-order valence-electron chi connectivity index (χ2n) is 5.87. The molecule has 0 saturated carbocycles. The predicted octanol–water partition coefficient (Wildman–Crippen LogP) is 2.95. The first-order valence-corrected chi connectivity index (χ1v) is 7.13. The van der Waals surface area contributed by atoms with Crippen molar-refractivity contribution < 1.29 is 4.74 Å². The Morgan fingerprint density at radius 2 is 2.33 bits per heavy atom. The van der Waals surface area contributed by atoms with Crippen LogP contribution in [0, 0.1) is 0 Å². The number of nitrogens with zero attached hydrogens (tertiary/aromatic N) is 1. The number of aromatic nitrogens is 1. The maximum absolute atomic E-state index is 6.06. The van der Waals surface area contributed by atoms with Gasteiger partial charge in [-0.2, -0.15) is 0 Å². The van der Waals surface area contributed by atoms with Gasteiger partial charge in [0.05, 0.1) is 11.7 Å². The first kappa shape index (κ1) is 13.6. The molecule has 0 bridgehead atoms. The standard InChI is InChI=1S/C15H26N2O/c1-4-9-16-11-13-6-5-10-17(13)12-14-7-8-15(2,3)18-14/h5-6,10,14,16H,4,7-9,11-12H2,1-3H3. The van der Waals surface area contributed by atoms with E-state index in [0.717, 1.165) is 19.6 Å². The third-order valence-corrected chi connectivity index (χ3v) is 3.61. The molecule has 1 atom stereocenters. The summed E-state index contributed by atoms with van der Waals surface area (Å²) in [6, 6.07) is 4.33. The monoisotopic (exact) mass is 250 g/mol. The van der Waals surface area contributed by atoms with Gasteiger partial charge in [-0.15, -0.1) is 0 Å². The van der Waals surface area contributed by atoms with Crippen molar-refractivity contribution in [3.63, 3.8) is 0 Å². The molecule has 1 aromatic rings. The van der Waals surface area contributed by atoms with Crippen LogP contribution in [-0.2, 0) is 17.8 Å². The fourth-order valence-corrected chi connectivity index (χ4v) is 2.61. The van der Waals surface area contributed by atoms with Gasteiger partial charge in [0.15, 0.2) is 0 Å². The van der Waals surface area contributed by atoms with E-state index in [9.17, 15) is 0 Å². The van der Waals surface area contributed by atoms with Gasteiger partial charge in [0, 0.05) is 25.0 Å². The minimum Gasteiger partial charge on any atom is -0.370 e. The van der Waals surface area contributed by atoms with Crippen LogP contribution >= 0.6 is 0 Å². The summed E-state index contributed by atoms with van der Waals surface area (Å²) in [5.41, 5.74) is 1.43. The Morgan fingerprint density at radius 1 is 1.50 bits per heavy atom. The molecule has 0 aromatic carbocycles. The summed E-state index contributed by atoms with van der Waals surface area (Å²) in [4.78, 5) is 0. The molecule has 1 aromatic heterocycles. The van der Waals surface area contributed by atoms with Gasteiger partial charge in [-0.1, -0.05) is 6.92 Å². The molecule has 0 radical (unpaired) electrons. The van der Waals surface area contributed by atoms with Gasteiger partial charge in [-0.05, 0) is 51.8 Å². The maximum atomic E-state index is 6.06. The number of nitrogens with one attached hydrogen (secondary N) is 1. The fraction of sp³-hybridized carbons (Fsp3) is 0.733. The lowest BCUT2D eigenvalue weighted by Gasteiger charge is -2.20. The molecule has 1 unspecified atom stereocenters. The Morgan fingerprint density at radius 3 is 3.00 bits per heavy atom. The van der Waals surface area contributed by atoms with E-state index < -0.39 is 0 Å². The van der Waals surface area contributed by atoms with Gasteiger partial charge >= 0.3 is 0 Å². The van der Waals surface area contributed by atoms with Crippen LogP contribution < -0.4 is 5.32 Å². The highest BCUT2D eigenvalue weighted by Crippen LogP contribution is 2.30. The van der Waals surface area contributed by atoms with E-state index in [0.29, 0.717) is 6.10 Å². The van der Waals surface area contributed by atoms with Crippen LogP contribution in [0.15, 0.2) is 18.3 Å². The average molecular weight is 250 g/mol. The molecule has 1 N–H and O–H groups in total. The SMILES string of the molecule is CCCNCc1cccn1CC1CCC(C)(C)O1. The van der Waals surface area contributed by atoms with E-state index in [-0.39, 0.29) is 5.60 Å². The quantitative estimate of drug-likeness (QED) is 0.786. The van der Waals surface area contributed by atoms with E-state index in [1.54, 1.807) is 0 Å². The fourth-order valence-electron chi connectivity index (χ4n) is 2.61. The molecule has 1 fully saturated rings. The van der Waals surface area contributed by atoms with Crippen LogP contribution in [0.4, 0.5) is 0 Å². The summed E-state index contributed by atoms with van der Waals surface area (Å²) in [7, 11) is 0. The number of hydrogen-bond acceptors (Lipinski definition) is 2. The maximum Gasteiger partial charge on any atom is 0.0762 e. The summed E-state index contributed by atoms with van der Waals surface area (Å²) in [6.07, 6.45) is 6.06. The number of rotatable bonds is 6. The Hall–Kier alpha value is -0.800. The highest BCUT2D eigenvalue weighted by molar-refractivity contribution is 5.07. The van der Waals surface area contributed by atoms with Crippen LogP contribution in [-0.4, -0.2) is 22.8 Å². The average Bonchev–Trinajstić information content (AvgIpc) is 2.87. The Bertz CT molecular complexity index is 370. The molecule has 0 aliphatic carbocycles. The first-order chi connectivity index (χ1) is 8.61. The van der Waals surface area contributed by atoms with Crippen LogP contribution in [0.25, 0.3) is 0 Å². The van der Waals surface area contributed by atoms with Crippen molar-refractivity contribution >= 4 is 0 Å². The van der Waals surface area contributed by atoms with Gasteiger partial charge < -0.3 is 14.6 Å². The summed E-state index contributed by atoms with van der Waals surface area (Å²) in [5, 5.41) is 3.46. The third kappa shape index (κ3) is 3.59. The highest BCUT2D eigenvalue weighted by Gasteiger charge is 2.31. The number of hydrogen-bond donors (Lipinski definition) is 1. The normalized spacial score (nSPS) is 22.5. The molecule has 2 heterocycles. The molecule has 1 saturated heterocycles. The van der Waals surface area contributed by atoms with Crippen LogP contribution in [0.3, 0.4) is 0 Å². The van der Waals surface area contributed by atoms with Gasteiger partial charge in [0.2, 0.25) is 0 Å². The van der Waals surface area contributed by atoms with Crippen LogP contribution in [0.5, 0.6) is 0 Å². The summed E-state index contributed by atoms with van der Waals surface area (Å²) in [5.74, 6) is 0. The van der Waals surface area contributed by atoms with E-state index in [4.69, 9.17) is 4.74 Å². The van der Waals surface area contributed by atoms with Crippen molar-refractivity contribution in [2.24, 2.45) is 0 Å². The zero-order chi connectivity index (χ0) is 13.0. The second kappa shape index (κ2) is 5.89. The molecule has 0 amide bonds. The minimum absolute atomic E-state index is 0.0679. The lowest BCUT2D eigenvalue weighted by Crippen LogP contribution is -2.24. The molecule has 1 aliphatic rings. The van der Waals surface area contributed by atoms with Gasteiger partial charge in [-0.25, -0.2) is 0 Å². The largest absolute Gasteiger partial charge is 0.370 e. The van der Waals surface area contributed by atoms with Gasteiger partial charge in [0.1, 0.15) is 0 Å². The van der Waals surface area contributed by atoms with E-state index in [1.165, 1.54) is 25.0 Å². The minimum atomic E-state index is 0.0679. The highest BCUT2D eigenvalue weighted by atomic mass is 16.5. The van der Waals surface area contributed by atoms with E-state index in [2.05, 4.69) is 49.0 Å². The zero-order valence-corrected chi connectivity index (χ0v) is 11.9. The zero-order valence-electron chi connectivity index (χ0n) is 11.9. The molecule has 3 heteroatoms. The first-order valence-electron chi connectivity index (χ1n) is 7.13. The molecular formula is C15H26N2O. The van der Waals surface area contributed by atoms with Gasteiger partial charge in [-0.3, -0.25) is 0 Å². The summed E-state index contributed by atoms with van der Waals surface area (Å²) in [6.45, 7) is 9.59. The van der Waals surface area contributed by atoms with Crippen molar-refractivity contribution in [2.45, 2.75) is 64.8 Å². The van der Waals surface area contributed by atoms with Crippen molar-refractivity contribution in [1.82, 2.24) is 9.88 Å². The Labute approximate surface area is 111 Å².